The quantitative estimate of drug-likeness (QED) is 0.750. The van der Waals surface area contributed by atoms with Crippen LogP contribution in [0.3, 0.4) is 0 Å². The molecule has 124 valence electrons. The van der Waals surface area contributed by atoms with Gasteiger partial charge in [-0.05, 0) is 27.7 Å². The van der Waals surface area contributed by atoms with Gasteiger partial charge in [-0.2, -0.15) is 10.2 Å². The number of carbonyl (C=O) groups is 2. The molecule has 23 heavy (non-hydrogen) atoms. The van der Waals surface area contributed by atoms with Gasteiger partial charge in [0, 0.05) is 0 Å². The second-order valence-corrected chi connectivity index (χ2v) is 4.87. The van der Waals surface area contributed by atoms with Crippen LogP contribution in [0.5, 0.6) is 0 Å². The Morgan fingerprint density at radius 3 is 1.65 bits per heavy atom. The predicted molar refractivity (Wildman–Crippen MR) is 81.2 cm³/mol. The van der Waals surface area contributed by atoms with Gasteiger partial charge in [0.15, 0.2) is 0 Å². The molecule has 2 aromatic rings. The van der Waals surface area contributed by atoms with Crippen molar-refractivity contribution in [1.82, 2.24) is 19.6 Å². The third-order valence-corrected chi connectivity index (χ3v) is 3.46. The monoisotopic (exact) mass is 320 g/mol. The minimum Gasteiger partial charge on any atom is -0.462 e. The van der Waals surface area contributed by atoms with E-state index in [0.29, 0.717) is 35.7 Å². The molecule has 0 bridgehead atoms. The number of carbonyl (C=O) groups excluding carboxylic acids is 2. The van der Waals surface area contributed by atoms with E-state index in [1.807, 2.05) is 0 Å². The van der Waals surface area contributed by atoms with E-state index in [0.717, 1.165) is 0 Å². The summed E-state index contributed by atoms with van der Waals surface area (Å²) in [7, 11) is 0. The van der Waals surface area contributed by atoms with Crippen molar-refractivity contribution in [3.63, 3.8) is 0 Å². The van der Waals surface area contributed by atoms with Crippen LogP contribution < -0.4 is 0 Å². The van der Waals surface area contributed by atoms with Crippen LogP contribution in [0.25, 0.3) is 0 Å². The number of esters is 2. The van der Waals surface area contributed by atoms with Gasteiger partial charge in [0.05, 0.1) is 37.0 Å². The third kappa shape index (κ3) is 3.41. The van der Waals surface area contributed by atoms with E-state index in [1.54, 1.807) is 37.1 Å². The Labute approximate surface area is 134 Å². The fourth-order valence-corrected chi connectivity index (χ4v) is 2.12. The zero-order valence-corrected chi connectivity index (χ0v) is 13.7. The molecule has 0 aliphatic heterocycles. The Morgan fingerprint density at radius 1 is 0.913 bits per heavy atom. The maximum atomic E-state index is 11.8. The van der Waals surface area contributed by atoms with Crippen LogP contribution >= 0.6 is 0 Å². The lowest BCUT2D eigenvalue weighted by molar-refractivity contribution is 0.0516. The first-order chi connectivity index (χ1) is 11.0. The molecule has 0 radical (unpaired) electrons. The number of nitrogens with zero attached hydrogens (tertiary/aromatic N) is 4. The number of hydrogen-bond donors (Lipinski definition) is 0. The average molecular weight is 320 g/mol. The van der Waals surface area contributed by atoms with Crippen molar-refractivity contribution in [1.29, 1.82) is 0 Å². The molecule has 8 nitrogen and oxygen atoms in total. The fraction of sp³-hybridized carbons (Fsp3) is 0.467. The summed E-state index contributed by atoms with van der Waals surface area (Å²) in [5.41, 5.74) is 2.19. The summed E-state index contributed by atoms with van der Waals surface area (Å²) in [4.78, 5) is 23.6. The molecule has 0 aliphatic rings. The molecule has 8 heteroatoms. The minimum absolute atomic E-state index is 0.288. The molecule has 0 saturated carbocycles. The van der Waals surface area contributed by atoms with Gasteiger partial charge in [-0.3, -0.25) is 0 Å². The summed E-state index contributed by atoms with van der Waals surface area (Å²) in [6, 6.07) is 0. The lowest BCUT2D eigenvalue weighted by atomic mass is 10.2. The zero-order valence-electron chi connectivity index (χ0n) is 13.7. The van der Waals surface area contributed by atoms with Crippen molar-refractivity contribution in [2.75, 3.05) is 13.2 Å². The Hall–Kier alpha value is -2.64. The summed E-state index contributed by atoms with van der Waals surface area (Å²) in [6.07, 6.45) is 2.94. The summed E-state index contributed by atoms with van der Waals surface area (Å²) < 4.78 is 13.2. The van der Waals surface area contributed by atoms with Crippen molar-refractivity contribution in [3.8, 4) is 0 Å². The summed E-state index contributed by atoms with van der Waals surface area (Å²) in [5.74, 6) is -0.804. The Kier molecular flexibility index (Phi) is 5.15. The van der Waals surface area contributed by atoms with Crippen molar-refractivity contribution in [2.24, 2.45) is 0 Å². The zero-order chi connectivity index (χ0) is 17.0. The third-order valence-electron chi connectivity index (χ3n) is 3.46. The van der Waals surface area contributed by atoms with Crippen molar-refractivity contribution in [2.45, 2.75) is 34.4 Å². The first kappa shape index (κ1) is 16.7. The van der Waals surface area contributed by atoms with E-state index in [2.05, 4.69) is 10.2 Å². The van der Waals surface area contributed by atoms with E-state index >= 15 is 0 Å². The van der Waals surface area contributed by atoms with Gasteiger partial charge in [0.2, 0.25) is 0 Å². The molecular weight excluding hydrogens is 300 g/mol. The fourth-order valence-electron chi connectivity index (χ4n) is 2.12. The molecule has 0 aliphatic carbocycles. The lowest BCUT2D eigenvalue weighted by Crippen LogP contribution is -2.15. The molecule has 0 aromatic carbocycles. The Morgan fingerprint density at radius 2 is 1.30 bits per heavy atom. The van der Waals surface area contributed by atoms with Crippen LogP contribution in [0.2, 0.25) is 0 Å². The summed E-state index contributed by atoms with van der Waals surface area (Å²) in [5, 5.41) is 8.37. The van der Waals surface area contributed by atoms with Crippen molar-refractivity contribution < 1.29 is 19.1 Å². The Bertz CT molecular complexity index is 657. The first-order valence-electron chi connectivity index (χ1n) is 7.38. The smallest absolute Gasteiger partial charge is 0.341 e. The van der Waals surface area contributed by atoms with Gasteiger partial charge >= 0.3 is 11.9 Å². The van der Waals surface area contributed by atoms with Gasteiger partial charge in [0.1, 0.15) is 17.8 Å². The van der Waals surface area contributed by atoms with Gasteiger partial charge in [-0.25, -0.2) is 19.0 Å². The molecular formula is C15H20N4O4. The van der Waals surface area contributed by atoms with Crippen LogP contribution in [0, 0.1) is 13.8 Å². The minimum atomic E-state index is -0.402. The molecule has 2 heterocycles. The molecule has 0 saturated heterocycles. The van der Waals surface area contributed by atoms with Crippen molar-refractivity contribution >= 4 is 11.9 Å². The number of rotatable bonds is 6. The summed E-state index contributed by atoms with van der Waals surface area (Å²) in [6.45, 7) is 7.98. The van der Waals surface area contributed by atoms with Crippen LogP contribution in [-0.4, -0.2) is 44.7 Å². The molecule has 2 aromatic heterocycles. The average Bonchev–Trinajstić information content (AvgIpc) is 3.05. The van der Waals surface area contributed by atoms with Crippen LogP contribution in [0.15, 0.2) is 12.4 Å². The van der Waals surface area contributed by atoms with Crippen LogP contribution in [0.4, 0.5) is 0 Å². The van der Waals surface area contributed by atoms with Gasteiger partial charge in [-0.1, -0.05) is 0 Å². The first-order valence-corrected chi connectivity index (χ1v) is 7.38. The second kappa shape index (κ2) is 7.08. The normalized spacial score (nSPS) is 10.6. The van der Waals surface area contributed by atoms with E-state index in [9.17, 15) is 9.59 Å². The maximum absolute atomic E-state index is 11.8. The molecule has 0 spiro atoms. The highest BCUT2D eigenvalue weighted by Gasteiger charge is 2.18. The maximum Gasteiger partial charge on any atom is 0.341 e. The van der Waals surface area contributed by atoms with Crippen molar-refractivity contribution in [3.05, 3.63) is 34.9 Å². The Balaban J connectivity index is 2.21. The highest BCUT2D eigenvalue weighted by Crippen LogP contribution is 2.12. The second-order valence-electron chi connectivity index (χ2n) is 4.87. The largest absolute Gasteiger partial charge is 0.462 e. The highest BCUT2D eigenvalue weighted by molar-refractivity contribution is 5.90. The highest BCUT2D eigenvalue weighted by atomic mass is 16.5. The SMILES string of the molecule is CCOC(=O)c1cnn(Cn2ncc(C(=O)OCC)c2C)c1C. The number of hydrogen-bond acceptors (Lipinski definition) is 6. The summed E-state index contributed by atoms with van der Waals surface area (Å²) >= 11 is 0. The molecule has 0 unspecified atom stereocenters. The van der Waals surface area contributed by atoms with E-state index in [-0.39, 0.29) is 6.67 Å². The van der Waals surface area contributed by atoms with E-state index < -0.39 is 11.9 Å². The van der Waals surface area contributed by atoms with Crippen LogP contribution in [0.1, 0.15) is 46.0 Å². The molecule has 0 N–H and O–H groups in total. The predicted octanol–water partition coefficient (Wildman–Crippen LogP) is 1.56. The number of aromatic nitrogens is 4. The molecule has 0 amide bonds. The van der Waals surface area contributed by atoms with Gasteiger partial charge < -0.3 is 9.47 Å². The molecule has 2 rings (SSSR count). The standard InChI is InChI=1S/C15H20N4O4/c1-5-22-14(20)12-7-16-18(10(12)3)9-19-11(4)13(8-17-19)15(21)23-6-2/h7-8H,5-6,9H2,1-4H3. The van der Waals surface area contributed by atoms with Crippen LogP contribution in [-0.2, 0) is 16.1 Å². The lowest BCUT2D eigenvalue weighted by Gasteiger charge is -2.08. The van der Waals surface area contributed by atoms with E-state index in [4.69, 9.17) is 9.47 Å². The molecule has 0 fully saturated rings. The number of ether oxygens (including phenoxy) is 2. The van der Waals surface area contributed by atoms with E-state index in [1.165, 1.54) is 12.4 Å². The topological polar surface area (TPSA) is 88.2 Å². The van der Waals surface area contributed by atoms with Gasteiger partial charge in [-0.15, -0.1) is 0 Å². The molecule has 0 atom stereocenters. The van der Waals surface area contributed by atoms with Gasteiger partial charge in [0.25, 0.3) is 0 Å².